The van der Waals surface area contributed by atoms with Gasteiger partial charge in [-0.25, -0.2) is 13.2 Å². The molecule has 1 aromatic rings. The number of carbonyl (C=O) groups excluding carboxylic acids is 2. The van der Waals surface area contributed by atoms with Gasteiger partial charge in [0.25, 0.3) is 5.91 Å². The van der Waals surface area contributed by atoms with Gasteiger partial charge in [-0.2, -0.15) is 4.31 Å². The van der Waals surface area contributed by atoms with E-state index in [9.17, 15) is 18.0 Å². The van der Waals surface area contributed by atoms with E-state index in [1.54, 1.807) is 0 Å². The molecule has 0 bridgehead atoms. The van der Waals surface area contributed by atoms with Crippen molar-refractivity contribution in [1.82, 2.24) is 9.62 Å². The molecule has 1 fully saturated rings. The highest BCUT2D eigenvalue weighted by Crippen LogP contribution is 2.31. The normalized spacial score (nSPS) is 16.4. The monoisotopic (exact) mass is 452 g/mol. The Hall–Kier alpha value is -1.39. The quantitative estimate of drug-likeness (QED) is 0.635. The largest absolute Gasteiger partial charge is 0.452 e. The molecule has 1 amide bonds. The molecule has 0 aliphatic carbocycles. The predicted molar refractivity (Wildman–Crippen MR) is 104 cm³/mol. The lowest BCUT2D eigenvalue weighted by Gasteiger charge is -2.26. The Bertz CT molecular complexity index is 840. The Labute approximate surface area is 174 Å². The maximum Gasteiger partial charge on any atom is 0.340 e. The van der Waals surface area contributed by atoms with Gasteiger partial charge in [0.1, 0.15) is 4.90 Å². The van der Waals surface area contributed by atoms with Crippen LogP contribution in [-0.2, 0) is 24.3 Å². The van der Waals surface area contributed by atoms with Crippen molar-refractivity contribution in [3.63, 3.8) is 0 Å². The number of hydrogen-bond donors (Lipinski definition) is 1. The Balaban J connectivity index is 2.20. The van der Waals surface area contributed by atoms with Crippen LogP contribution in [0, 0.1) is 0 Å². The van der Waals surface area contributed by atoms with Crippen LogP contribution in [0.1, 0.15) is 30.6 Å². The van der Waals surface area contributed by atoms with Crippen molar-refractivity contribution in [2.75, 3.05) is 32.9 Å². The first kappa shape index (κ1) is 22.9. The molecule has 2 rings (SSSR count). The smallest absolute Gasteiger partial charge is 0.340 e. The Morgan fingerprint density at radius 1 is 1.25 bits per heavy atom. The molecule has 1 aliphatic rings. The molecule has 1 N–H and O–H groups in total. The molecule has 1 unspecified atom stereocenters. The van der Waals surface area contributed by atoms with Crippen LogP contribution < -0.4 is 5.32 Å². The third-order valence-corrected chi connectivity index (χ3v) is 6.86. The van der Waals surface area contributed by atoms with Crippen LogP contribution in [0.15, 0.2) is 17.0 Å². The average Bonchev–Trinajstić information content (AvgIpc) is 2.66. The van der Waals surface area contributed by atoms with E-state index >= 15 is 0 Å². The van der Waals surface area contributed by atoms with Gasteiger partial charge >= 0.3 is 5.97 Å². The number of halogens is 2. The zero-order chi connectivity index (χ0) is 20.9. The van der Waals surface area contributed by atoms with Crippen molar-refractivity contribution >= 4 is 45.1 Å². The molecule has 0 spiro atoms. The second kappa shape index (κ2) is 9.89. The first-order chi connectivity index (χ1) is 13.2. The van der Waals surface area contributed by atoms with E-state index in [1.165, 1.54) is 10.4 Å². The van der Waals surface area contributed by atoms with Gasteiger partial charge in [0.05, 0.1) is 28.8 Å². The van der Waals surface area contributed by atoms with Gasteiger partial charge < -0.3 is 14.8 Å². The average molecular weight is 453 g/mol. The van der Waals surface area contributed by atoms with Crippen LogP contribution in [0.5, 0.6) is 0 Å². The molecule has 8 nitrogen and oxygen atoms in total. The number of hydrogen-bond acceptors (Lipinski definition) is 6. The number of benzene rings is 1. The molecule has 1 aromatic carbocycles. The van der Waals surface area contributed by atoms with E-state index < -0.39 is 28.5 Å². The molecule has 156 valence electrons. The zero-order valence-corrected chi connectivity index (χ0v) is 17.9. The summed E-state index contributed by atoms with van der Waals surface area (Å²) in [6.07, 6.45) is 0.728. The second-order valence-electron chi connectivity index (χ2n) is 6.23. The number of carbonyl (C=O) groups is 2. The molecule has 0 aromatic heterocycles. The van der Waals surface area contributed by atoms with Crippen LogP contribution in [0.2, 0.25) is 10.0 Å². The lowest BCUT2D eigenvalue weighted by Crippen LogP contribution is -2.40. The highest BCUT2D eigenvalue weighted by Gasteiger charge is 2.30. The number of rotatable bonds is 7. The van der Waals surface area contributed by atoms with Gasteiger partial charge in [-0.3, -0.25) is 4.79 Å². The van der Waals surface area contributed by atoms with E-state index in [0.717, 1.165) is 12.5 Å². The van der Waals surface area contributed by atoms with Crippen molar-refractivity contribution in [3.05, 3.63) is 27.7 Å². The molecule has 0 radical (unpaired) electrons. The first-order valence-corrected chi connectivity index (χ1v) is 10.9. The minimum absolute atomic E-state index is 0.0596. The highest BCUT2D eigenvalue weighted by atomic mass is 35.5. The van der Waals surface area contributed by atoms with E-state index in [2.05, 4.69) is 5.32 Å². The molecular weight excluding hydrogens is 431 g/mol. The fourth-order valence-corrected chi connectivity index (χ4v) is 4.67. The minimum Gasteiger partial charge on any atom is -0.452 e. The maximum atomic E-state index is 12.8. The summed E-state index contributed by atoms with van der Waals surface area (Å²) in [5.74, 6) is -1.38. The second-order valence-corrected chi connectivity index (χ2v) is 8.95. The topological polar surface area (TPSA) is 102 Å². The molecule has 1 aliphatic heterocycles. The van der Waals surface area contributed by atoms with Gasteiger partial charge in [0.2, 0.25) is 10.0 Å². The summed E-state index contributed by atoms with van der Waals surface area (Å²) in [5.41, 5.74) is -0.186. The SMILES string of the molecule is CCC(C)NC(=O)COC(=O)c1cc(S(=O)(=O)N2CCOCC2)c(Cl)cc1Cl. The number of nitrogens with zero attached hydrogens (tertiary/aromatic N) is 1. The number of sulfonamides is 1. The van der Waals surface area contributed by atoms with Gasteiger partial charge in [0.15, 0.2) is 6.61 Å². The van der Waals surface area contributed by atoms with E-state index in [-0.39, 0.29) is 52.8 Å². The standard InChI is InChI=1S/C17H22Cl2N2O6S/c1-3-11(2)20-16(22)10-27-17(23)12-8-15(14(19)9-13(12)18)28(24,25)21-4-6-26-7-5-21/h8-9,11H,3-7,10H2,1-2H3,(H,20,22). The van der Waals surface area contributed by atoms with Crippen molar-refractivity contribution in [1.29, 1.82) is 0 Å². The summed E-state index contributed by atoms with van der Waals surface area (Å²) in [6.45, 7) is 4.11. The van der Waals surface area contributed by atoms with E-state index in [0.29, 0.717) is 0 Å². The Morgan fingerprint density at radius 3 is 2.50 bits per heavy atom. The van der Waals surface area contributed by atoms with Gasteiger partial charge in [-0.15, -0.1) is 0 Å². The molecular formula is C17H22Cl2N2O6S. The number of ether oxygens (including phenoxy) is 2. The van der Waals surface area contributed by atoms with Crippen LogP contribution in [0.25, 0.3) is 0 Å². The maximum absolute atomic E-state index is 12.8. The zero-order valence-electron chi connectivity index (χ0n) is 15.5. The number of nitrogens with one attached hydrogen (secondary N) is 1. The molecule has 1 atom stereocenters. The lowest BCUT2D eigenvalue weighted by molar-refractivity contribution is -0.124. The molecule has 0 saturated carbocycles. The minimum atomic E-state index is -3.94. The van der Waals surface area contributed by atoms with Crippen LogP contribution in [0.3, 0.4) is 0 Å². The van der Waals surface area contributed by atoms with Gasteiger partial charge in [0, 0.05) is 19.1 Å². The van der Waals surface area contributed by atoms with Gasteiger partial charge in [-0.1, -0.05) is 30.1 Å². The Morgan fingerprint density at radius 2 is 1.89 bits per heavy atom. The number of esters is 1. The summed E-state index contributed by atoms with van der Waals surface area (Å²) in [5, 5.41) is 2.47. The number of morpholine rings is 1. The highest BCUT2D eigenvalue weighted by molar-refractivity contribution is 7.89. The summed E-state index contributed by atoms with van der Waals surface area (Å²) >= 11 is 12.1. The predicted octanol–water partition coefficient (Wildman–Crippen LogP) is 2.09. The van der Waals surface area contributed by atoms with Crippen LogP contribution in [0.4, 0.5) is 0 Å². The van der Waals surface area contributed by atoms with E-state index in [1.807, 2.05) is 13.8 Å². The molecule has 28 heavy (non-hydrogen) atoms. The third-order valence-electron chi connectivity index (χ3n) is 4.18. The summed E-state index contributed by atoms with van der Waals surface area (Å²) in [4.78, 5) is 23.8. The summed E-state index contributed by atoms with van der Waals surface area (Å²) in [6, 6.07) is 2.19. The summed E-state index contributed by atoms with van der Waals surface area (Å²) in [7, 11) is -3.94. The Kier molecular flexibility index (Phi) is 8.08. The molecule has 11 heteroatoms. The fourth-order valence-electron chi connectivity index (χ4n) is 2.44. The van der Waals surface area contributed by atoms with E-state index in [4.69, 9.17) is 32.7 Å². The molecule has 1 heterocycles. The van der Waals surface area contributed by atoms with Crippen molar-refractivity contribution in [2.24, 2.45) is 0 Å². The number of amides is 1. The van der Waals surface area contributed by atoms with Gasteiger partial charge in [-0.05, 0) is 25.5 Å². The van der Waals surface area contributed by atoms with Crippen molar-refractivity contribution < 1.29 is 27.5 Å². The van der Waals surface area contributed by atoms with Crippen LogP contribution in [-0.4, -0.2) is 63.6 Å². The third kappa shape index (κ3) is 5.57. The summed E-state index contributed by atoms with van der Waals surface area (Å²) < 4.78 is 37.0. The van der Waals surface area contributed by atoms with Crippen molar-refractivity contribution in [3.8, 4) is 0 Å². The van der Waals surface area contributed by atoms with Crippen molar-refractivity contribution in [2.45, 2.75) is 31.2 Å². The first-order valence-electron chi connectivity index (χ1n) is 8.70. The molecule has 1 saturated heterocycles. The fraction of sp³-hybridized carbons (Fsp3) is 0.529. The lowest BCUT2D eigenvalue weighted by atomic mass is 10.2. The van der Waals surface area contributed by atoms with Crippen LogP contribution >= 0.6 is 23.2 Å².